The van der Waals surface area contributed by atoms with Crippen LogP contribution in [0.3, 0.4) is 0 Å². The Hall–Kier alpha value is -1.42. The van der Waals surface area contributed by atoms with Gasteiger partial charge in [0.1, 0.15) is 0 Å². The lowest BCUT2D eigenvalue weighted by molar-refractivity contribution is 0.370. The van der Waals surface area contributed by atoms with Crippen molar-refractivity contribution in [2.75, 3.05) is 7.11 Å². The van der Waals surface area contributed by atoms with Crippen molar-refractivity contribution in [3.63, 3.8) is 0 Å². The van der Waals surface area contributed by atoms with Crippen LogP contribution in [0.5, 0.6) is 5.75 Å². The molecule has 1 atom stereocenters. The second-order valence-electron chi connectivity index (χ2n) is 2.78. The van der Waals surface area contributed by atoms with Gasteiger partial charge in [-0.05, 0) is 17.7 Å². The third kappa shape index (κ3) is 1.90. The summed E-state index contributed by atoms with van der Waals surface area (Å²) in [5, 5.41) is 0. The van der Waals surface area contributed by atoms with Crippen molar-refractivity contribution in [3.05, 3.63) is 42.0 Å². The van der Waals surface area contributed by atoms with E-state index in [0.717, 1.165) is 6.07 Å². The molecule has 1 aromatic rings. The summed E-state index contributed by atoms with van der Waals surface area (Å²) < 4.78 is 30.6. The molecule has 0 spiro atoms. The van der Waals surface area contributed by atoms with E-state index < -0.39 is 17.7 Å². The van der Waals surface area contributed by atoms with Crippen LogP contribution >= 0.6 is 0 Å². The zero-order valence-corrected chi connectivity index (χ0v) is 7.76. The number of hydrogen-bond acceptors (Lipinski definition) is 2. The normalized spacial score (nSPS) is 12.3. The average Bonchev–Trinajstić information content (AvgIpc) is 2.20. The van der Waals surface area contributed by atoms with Crippen LogP contribution in [0.2, 0.25) is 0 Å². The summed E-state index contributed by atoms with van der Waals surface area (Å²) in [5.74, 6) is -2.14. The Morgan fingerprint density at radius 2 is 2.14 bits per heavy atom. The maximum atomic E-state index is 13.0. The molecule has 1 rings (SSSR count). The largest absolute Gasteiger partial charge is 0.494 e. The smallest absolute Gasteiger partial charge is 0.200 e. The molecule has 0 fully saturated rings. The lowest BCUT2D eigenvalue weighted by atomic mass is 10.1. The van der Waals surface area contributed by atoms with Crippen LogP contribution < -0.4 is 10.5 Å². The van der Waals surface area contributed by atoms with E-state index >= 15 is 0 Å². The summed E-state index contributed by atoms with van der Waals surface area (Å²) in [6, 6.07) is 1.86. The van der Waals surface area contributed by atoms with E-state index in [0.29, 0.717) is 5.56 Å². The van der Waals surface area contributed by atoms with Crippen LogP contribution in [0.4, 0.5) is 8.78 Å². The monoisotopic (exact) mass is 199 g/mol. The first-order valence-corrected chi connectivity index (χ1v) is 4.01. The number of methoxy groups -OCH3 is 1. The molecule has 1 aromatic carbocycles. The summed E-state index contributed by atoms with van der Waals surface area (Å²) in [5.41, 5.74) is 6.00. The summed E-state index contributed by atoms with van der Waals surface area (Å²) in [4.78, 5) is 0. The molecular formula is C10H11F2NO. The molecule has 2 N–H and O–H groups in total. The molecule has 2 nitrogen and oxygen atoms in total. The van der Waals surface area contributed by atoms with Crippen LogP contribution in [-0.4, -0.2) is 7.11 Å². The minimum Gasteiger partial charge on any atom is -0.494 e. The average molecular weight is 199 g/mol. The van der Waals surface area contributed by atoms with Gasteiger partial charge in [-0.25, -0.2) is 4.39 Å². The van der Waals surface area contributed by atoms with Crippen molar-refractivity contribution in [2.24, 2.45) is 5.73 Å². The fourth-order valence-electron chi connectivity index (χ4n) is 1.06. The molecule has 0 aromatic heterocycles. The molecule has 0 amide bonds. The Labute approximate surface area is 81.0 Å². The molecule has 0 radical (unpaired) electrons. The number of ether oxygens (including phenoxy) is 1. The minimum absolute atomic E-state index is 0.155. The van der Waals surface area contributed by atoms with Gasteiger partial charge in [0.15, 0.2) is 11.6 Å². The highest BCUT2D eigenvalue weighted by Crippen LogP contribution is 2.24. The zero-order valence-electron chi connectivity index (χ0n) is 7.76. The van der Waals surface area contributed by atoms with Gasteiger partial charge in [-0.2, -0.15) is 4.39 Å². The summed E-state index contributed by atoms with van der Waals surface area (Å²) in [6.07, 6.45) is 1.44. The van der Waals surface area contributed by atoms with Crippen LogP contribution in [0.1, 0.15) is 11.6 Å². The number of benzene rings is 1. The highest BCUT2D eigenvalue weighted by atomic mass is 19.2. The van der Waals surface area contributed by atoms with Crippen molar-refractivity contribution in [1.29, 1.82) is 0 Å². The molecule has 0 aliphatic carbocycles. The van der Waals surface area contributed by atoms with E-state index in [1.165, 1.54) is 19.3 Å². The first-order valence-electron chi connectivity index (χ1n) is 4.01. The topological polar surface area (TPSA) is 35.2 Å². The van der Waals surface area contributed by atoms with Gasteiger partial charge in [0.05, 0.1) is 7.11 Å². The molecule has 1 unspecified atom stereocenters. The Kier molecular flexibility index (Phi) is 3.19. The molecule has 0 heterocycles. The molecule has 0 aliphatic heterocycles. The predicted molar refractivity (Wildman–Crippen MR) is 50.0 cm³/mol. The van der Waals surface area contributed by atoms with Gasteiger partial charge >= 0.3 is 0 Å². The molecule has 0 bridgehead atoms. The summed E-state index contributed by atoms with van der Waals surface area (Å²) >= 11 is 0. The van der Waals surface area contributed by atoms with Gasteiger partial charge in [0.25, 0.3) is 0 Å². The van der Waals surface area contributed by atoms with Crippen LogP contribution in [0.15, 0.2) is 24.8 Å². The lowest BCUT2D eigenvalue weighted by Gasteiger charge is -2.09. The Morgan fingerprint density at radius 3 is 2.64 bits per heavy atom. The molecule has 4 heteroatoms. The van der Waals surface area contributed by atoms with Gasteiger partial charge < -0.3 is 10.5 Å². The second kappa shape index (κ2) is 4.19. The van der Waals surface area contributed by atoms with E-state index in [9.17, 15) is 8.78 Å². The van der Waals surface area contributed by atoms with Gasteiger partial charge in [0, 0.05) is 6.04 Å². The Balaban J connectivity index is 3.22. The predicted octanol–water partition coefficient (Wildman–Crippen LogP) is 2.16. The molecular weight excluding hydrogens is 188 g/mol. The number of halogens is 2. The van der Waals surface area contributed by atoms with E-state index in [1.807, 2.05) is 0 Å². The van der Waals surface area contributed by atoms with Crippen molar-refractivity contribution < 1.29 is 13.5 Å². The van der Waals surface area contributed by atoms with E-state index in [-0.39, 0.29) is 5.75 Å². The standard InChI is InChI=1S/C10H11F2NO/c1-3-8(13)6-4-7(11)10(12)9(5-6)14-2/h3-5,8H,1,13H2,2H3. The Morgan fingerprint density at radius 1 is 1.50 bits per heavy atom. The third-order valence-corrected chi connectivity index (χ3v) is 1.88. The third-order valence-electron chi connectivity index (χ3n) is 1.88. The van der Waals surface area contributed by atoms with Gasteiger partial charge in [0.2, 0.25) is 5.82 Å². The molecule has 0 saturated carbocycles. The quantitative estimate of drug-likeness (QED) is 0.757. The SMILES string of the molecule is C=CC(N)c1cc(F)c(F)c(OC)c1. The van der Waals surface area contributed by atoms with Crippen LogP contribution in [0, 0.1) is 11.6 Å². The van der Waals surface area contributed by atoms with E-state index in [2.05, 4.69) is 11.3 Å². The molecule has 0 aliphatic rings. The maximum Gasteiger partial charge on any atom is 0.200 e. The highest BCUT2D eigenvalue weighted by Gasteiger charge is 2.13. The second-order valence-corrected chi connectivity index (χ2v) is 2.78. The lowest BCUT2D eigenvalue weighted by Crippen LogP contribution is -2.08. The highest BCUT2D eigenvalue weighted by molar-refractivity contribution is 5.34. The molecule has 76 valence electrons. The van der Waals surface area contributed by atoms with Gasteiger partial charge in [-0.15, -0.1) is 6.58 Å². The van der Waals surface area contributed by atoms with Crippen molar-refractivity contribution in [1.82, 2.24) is 0 Å². The summed E-state index contributed by atoms with van der Waals surface area (Å²) in [7, 11) is 1.26. The van der Waals surface area contributed by atoms with Crippen LogP contribution in [-0.2, 0) is 0 Å². The van der Waals surface area contributed by atoms with Crippen molar-refractivity contribution >= 4 is 0 Å². The first-order chi connectivity index (χ1) is 6.60. The minimum atomic E-state index is -1.01. The van der Waals surface area contributed by atoms with E-state index in [1.54, 1.807) is 0 Å². The fourth-order valence-corrected chi connectivity index (χ4v) is 1.06. The summed E-state index contributed by atoms with van der Waals surface area (Å²) in [6.45, 7) is 3.46. The van der Waals surface area contributed by atoms with Crippen molar-refractivity contribution in [2.45, 2.75) is 6.04 Å². The Bertz CT molecular complexity index is 352. The van der Waals surface area contributed by atoms with Crippen LogP contribution in [0.25, 0.3) is 0 Å². The fraction of sp³-hybridized carbons (Fsp3) is 0.200. The van der Waals surface area contributed by atoms with Gasteiger partial charge in [-0.3, -0.25) is 0 Å². The number of rotatable bonds is 3. The molecule has 0 saturated heterocycles. The van der Waals surface area contributed by atoms with Crippen molar-refractivity contribution in [3.8, 4) is 5.75 Å². The van der Waals surface area contributed by atoms with E-state index in [4.69, 9.17) is 5.73 Å². The number of hydrogen-bond donors (Lipinski definition) is 1. The zero-order chi connectivity index (χ0) is 10.7. The molecule has 14 heavy (non-hydrogen) atoms. The maximum absolute atomic E-state index is 13.0. The first kappa shape index (κ1) is 10.7. The van der Waals surface area contributed by atoms with Gasteiger partial charge in [-0.1, -0.05) is 6.08 Å². The number of nitrogens with two attached hydrogens (primary N) is 1.